The minimum atomic E-state index is -0.832. The second-order valence-electron chi connectivity index (χ2n) is 6.40. The number of hydrogen-bond acceptors (Lipinski definition) is 6. The number of aryl methyl sites for hydroxylation is 1. The fourth-order valence-corrected chi connectivity index (χ4v) is 3.32. The van der Waals surface area contributed by atoms with E-state index < -0.39 is 12.0 Å². The maximum Gasteiger partial charge on any atom is 0.325 e. The number of aliphatic carboxylic acids is 1. The van der Waals surface area contributed by atoms with Crippen LogP contribution in [0.4, 0.5) is 5.82 Å². The molecule has 0 unspecified atom stereocenters. The van der Waals surface area contributed by atoms with E-state index in [0.29, 0.717) is 19.5 Å². The van der Waals surface area contributed by atoms with E-state index in [1.54, 1.807) is 18.6 Å². The van der Waals surface area contributed by atoms with Gasteiger partial charge >= 0.3 is 5.97 Å². The van der Waals surface area contributed by atoms with E-state index in [-0.39, 0.29) is 6.61 Å². The molecule has 138 valence electrons. The molecule has 2 heterocycles. The van der Waals surface area contributed by atoms with Gasteiger partial charge in [-0.25, -0.2) is 4.98 Å². The van der Waals surface area contributed by atoms with Crippen molar-refractivity contribution >= 4 is 11.8 Å². The molecule has 0 aliphatic carbocycles. The number of carboxylic acids is 1. The van der Waals surface area contributed by atoms with Gasteiger partial charge in [0.25, 0.3) is 0 Å². The van der Waals surface area contributed by atoms with Gasteiger partial charge in [0.15, 0.2) is 0 Å². The molecule has 3 rings (SSSR count). The quantitative estimate of drug-likeness (QED) is 0.774. The number of nitrogens with zero attached hydrogens (tertiary/aromatic N) is 4. The summed E-state index contributed by atoms with van der Waals surface area (Å²) in [4.78, 5) is 24.4. The van der Waals surface area contributed by atoms with E-state index in [1.807, 2.05) is 29.2 Å². The van der Waals surface area contributed by atoms with Crippen molar-refractivity contribution in [2.75, 3.05) is 37.7 Å². The normalized spacial score (nSPS) is 16.4. The largest absolute Gasteiger partial charge is 0.480 e. The summed E-state index contributed by atoms with van der Waals surface area (Å²) < 4.78 is 0. The van der Waals surface area contributed by atoms with Gasteiger partial charge in [-0.3, -0.25) is 14.7 Å². The zero-order chi connectivity index (χ0) is 18.4. The molecule has 26 heavy (non-hydrogen) atoms. The van der Waals surface area contributed by atoms with Crippen molar-refractivity contribution in [3.8, 4) is 0 Å². The molecule has 1 fully saturated rings. The number of carboxylic acid groups (broad SMARTS) is 1. The van der Waals surface area contributed by atoms with Crippen molar-refractivity contribution in [3.05, 3.63) is 54.0 Å². The predicted molar refractivity (Wildman–Crippen MR) is 98.0 cm³/mol. The molecule has 0 spiro atoms. The van der Waals surface area contributed by atoms with E-state index in [1.165, 1.54) is 0 Å². The summed E-state index contributed by atoms with van der Waals surface area (Å²) >= 11 is 0. The fraction of sp³-hybridized carbons (Fsp3) is 0.421. The van der Waals surface area contributed by atoms with Crippen molar-refractivity contribution in [1.29, 1.82) is 0 Å². The third kappa shape index (κ3) is 4.36. The number of hydrogen-bond donors (Lipinski definition) is 2. The number of carbonyl (C=O) groups is 1. The van der Waals surface area contributed by atoms with E-state index in [2.05, 4.69) is 14.9 Å². The lowest BCUT2D eigenvalue weighted by Crippen LogP contribution is -2.49. The van der Waals surface area contributed by atoms with Crippen LogP contribution in [0.3, 0.4) is 0 Å². The Bertz CT molecular complexity index is 700. The van der Waals surface area contributed by atoms with Crippen molar-refractivity contribution < 1.29 is 15.0 Å². The Balaban J connectivity index is 1.66. The van der Waals surface area contributed by atoms with Crippen LogP contribution < -0.4 is 4.90 Å². The number of rotatable bonds is 7. The van der Waals surface area contributed by atoms with E-state index in [9.17, 15) is 9.90 Å². The third-order valence-electron chi connectivity index (χ3n) is 4.71. The summed E-state index contributed by atoms with van der Waals surface area (Å²) in [5.41, 5.74) is 1.90. The summed E-state index contributed by atoms with van der Waals surface area (Å²) in [5, 5.41) is 18.7. The first-order valence-electron chi connectivity index (χ1n) is 8.86. The Morgan fingerprint density at radius 1 is 1.12 bits per heavy atom. The highest BCUT2D eigenvalue weighted by molar-refractivity contribution is 5.75. The summed E-state index contributed by atoms with van der Waals surface area (Å²) in [6, 6.07) is 7.04. The molecule has 7 nitrogen and oxygen atoms in total. The van der Waals surface area contributed by atoms with Gasteiger partial charge in [0.05, 0.1) is 6.20 Å². The molecule has 0 saturated carbocycles. The van der Waals surface area contributed by atoms with Gasteiger partial charge in [-0.05, 0) is 24.0 Å². The molecule has 7 heteroatoms. The highest BCUT2D eigenvalue weighted by atomic mass is 16.4. The van der Waals surface area contributed by atoms with Crippen LogP contribution in [0, 0.1) is 0 Å². The number of benzene rings is 1. The molecular weight excluding hydrogens is 332 g/mol. The average molecular weight is 356 g/mol. The van der Waals surface area contributed by atoms with Gasteiger partial charge in [-0.2, -0.15) is 0 Å². The van der Waals surface area contributed by atoms with Gasteiger partial charge in [-0.15, -0.1) is 0 Å². The summed E-state index contributed by atoms with van der Waals surface area (Å²) in [6.07, 6.45) is 6.55. The average Bonchev–Trinajstić information content (AvgIpc) is 2.68. The van der Waals surface area contributed by atoms with Gasteiger partial charge in [-0.1, -0.05) is 24.3 Å². The lowest BCUT2D eigenvalue weighted by atomic mass is 10.0. The van der Waals surface area contributed by atoms with Crippen molar-refractivity contribution in [1.82, 2.24) is 14.9 Å². The minimum Gasteiger partial charge on any atom is -0.480 e. The first kappa shape index (κ1) is 18.3. The lowest BCUT2D eigenvalue weighted by molar-refractivity contribution is -0.143. The molecular formula is C19H24N4O3. The zero-order valence-electron chi connectivity index (χ0n) is 14.7. The maximum atomic E-state index is 11.9. The first-order chi connectivity index (χ1) is 12.7. The first-order valence-corrected chi connectivity index (χ1v) is 8.86. The number of aliphatic hydroxyl groups excluding tert-OH is 1. The second-order valence-corrected chi connectivity index (χ2v) is 6.40. The van der Waals surface area contributed by atoms with Gasteiger partial charge in [0.2, 0.25) is 0 Å². The third-order valence-corrected chi connectivity index (χ3v) is 4.71. The highest BCUT2D eigenvalue weighted by Crippen LogP contribution is 2.24. The Labute approximate surface area is 152 Å². The van der Waals surface area contributed by atoms with Crippen LogP contribution in [0.2, 0.25) is 0 Å². The second kappa shape index (κ2) is 8.73. The van der Waals surface area contributed by atoms with Crippen LogP contribution in [0.5, 0.6) is 0 Å². The van der Waals surface area contributed by atoms with Gasteiger partial charge in [0, 0.05) is 45.2 Å². The number of piperazine rings is 1. The Kier molecular flexibility index (Phi) is 6.14. The minimum absolute atomic E-state index is 0.162. The number of aromatic nitrogens is 2. The Hall–Kier alpha value is -2.51. The van der Waals surface area contributed by atoms with Gasteiger partial charge in [0.1, 0.15) is 11.9 Å². The van der Waals surface area contributed by atoms with Crippen LogP contribution >= 0.6 is 0 Å². The number of anilines is 1. The van der Waals surface area contributed by atoms with Gasteiger partial charge < -0.3 is 15.1 Å². The molecule has 0 bridgehead atoms. The van der Waals surface area contributed by atoms with Crippen LogP contribution in [0.25, 0.3) is 0 Å². The molecule has 0 amide bonds. The van der Waals surface area contributed by atoms with Crippen LogP contribution in [-0.4, -0.2) is 63.8 Å². The molecule has 1 saturated heterocycles. The fourth-order valence-electron chi connectivity index (χ4n) is 3.32. The SMILES string of the molecule is O=C(O)[C@H](c1ccc(CCCO)cc1)N1CCN(c2cnccn2)CC1. The van der Waals surface area contributed by atoms with Crippen LogP contribution in [0.1, 0.15) is 23.6 Å². The standard InChI is InChI=1S/C19H24N4O3/c24-13-1-2-15-3-5-16(6-4-15)18(19(25)26)23-11-9-22(10-12-23)17-14-20-7-8-21-17/h3-8,14,18,24H,1-2,9-13H2,(H,25,26)/t18-/m0/s1. The van der Waals surface area contributed by atoms with E-state index >= 15 is 0 Å². The van der Waals surface area contributed by atoms with Crippen LogP contribution in [-0.2, 0) is 11.2 Å². The Morgan fingerprint density at radius 2 is 1.85 bits per heavy atom. The molecule has 1 aliphatic heterocycles. The van der Waals surface area contributed by atoms with Crippen LogP contribution in [0.15, 0.2) is 42.9 Å². The van der Waals surface area contributed by atoms with Crippen molar-refractivity contribution in [2.45, 2.75) is 18.9 Å². The summed E-state index contributed by atoms with van der Waals surface area (Å²) in [6.45, 7) is 2.91. The molecule has 2 aromatic rings. The lowest BCUT2D eigenvalue weighted by Gasteiger charge is -2.38. The highest BCUT2D eigenvalue weighted by Gasteiger charge is 2.30. The zero-order valence-corrected chi connectivity index (χ0v) is 14.7. The summed E-state index contributed by atoms with van der Waals surface area (Å²) in [5.74, 6) is -0.00618. The molecule has 1 aromatic carbocycles. The molecule has 0 radical (unpaired) electrons. The van der Waals surface area contributed by atoms with Crippen molar-refractivity contribution in [3.63, 3.8) is 0 Å². The van der Waals surface area contributed by atoms with E-state index in [0.717, 1.165) is 36.5 Å². The molecule has 2 N–H and O–H groups in total. The predicted octanol–water partition coefficient (Wildman–Crippen LogP) is 1.35. The topological polar surface area (TPSA) is 89.8 Å². The summed E-state index contributed by atoms with van der Waals surface area (Å²) in [7, 11) is 0. The van der Waals surface area contributed by atoms with Crippen molar-refractivity contribution in [2.24, 2.45) is 0 Å². The monoisotopic (exact) mass is 356 g/mol. The molecule has 1 aromatic heterocycles. The smallest absolute Gasteiger partial charge is 0.325 e. The Morgan fingerprint density at radius 3 is 2.42 bits per heavy atom. The number of aliphatic hydroxyl groups is 1. The maximum absolute atomic E-state index is 11.9. The van der Waals surface area contributed by atoms with E-state index in [4.69, 9.17) is 5.11 Å². The molecule has 1 aliphatic rings. The molecule has 1 atom stereocenters.